The van der Waals surface area contributed by atoms with E-state index in [0.29, 0.717) is 31.7 Å². The third-order valence-corrected chi connectivity index (χ3v) is 4.11. The van der Waals surface area contributed by atoms with Gasteiger partial charge in [-0.1, -0.05) is 0 Å². The predicted molar refractivity (Wildman–Crippen MR) is 67.7 cm³/mol. The first-order valence-electron chi connectivity index (χ1n) is 6.71. The molecular weight excluding hydrogens is 246 g/mol. The number of nitrogens with zero attached hydrogens (tertiary/aromatic N) is 3. The average molecular weight is 265 g/mol. The van der Waals surface area contributed by atoms with Gasteiger partial charge in [0.05, 0.1) is 24.4 Å². The maximum Gasteiger partial charge on any atom is 0.257 e. The molecule has 1 N–H and O–H groups in total. The van der Waals surface area contributed by atoms with Gasteiger partial charge in [-0.15, -0.1) is 0 Å². The van der Waals surface area contributed by atoms with Crippen molar-refractivity contribution in [2.75, 3.05) is 19.7 Å². The number of amides is 1. The van der Waals surface area contributed by atoms with Crippen molar-refractivity contribution in [2.24, 2.45) is 7.05 Å². The molecule has 1 amide bonds. The zero-order valence-electron chi connectivity index (χ0n) is 11.1. The Morgan fingerprint density at radius 1 is 1.63 bits per heavy atom. The molecule has 3 rings (SSSR count). The normalized spacial score (nSPS) is 31.1. The molecule has 1 spiro atoms. The van der Waals surface area contributed by atoms with Crippen molar-refractivity contribution in [2.45, 2.75) is 31.0 Å². The topological polar surface area (TPSA) is 67.6 Å². The second kappa shape index (κ2) is 4.61. The Morgan fingerprint density at radius 3 is 3.11 bits per heavy atom. The second-order valence-electron chi connectivity index (χ2n) is 5.45. The van der Waals surface area contributed by atoms with Gasteiger partial charge in [-0.3, -0.25) is 9.48 Å². The van der Waals surface area contributed by atoms with E-state index in [4.69, 9.17) is 4.74 Å². The monoisotopic (exact) mass is 265 g/mol. The lowest BCUT2D eigenvalue weighted by Crippen LogP contribution is -2.57. The molecule has 0 bridgehead atoms. The van der Waals surface area contributed by atoms with E-state index < -0.39 is 11.7 Å². The van der Waals surface area contributed by atoms with Crippen molar-refractivity contribution in [3.05, 3.63) is 18.0 Å². The first-order valence-corrected chi connectivity index (χ1v) is 6.71. The minimum Gasteiger partial charge on any atom is -0.390 e. The molecule has 1 aromatic rings. The number of carbonyl (C=O) groups is 1. The van der Waals surface area contributed by atoms with Crippen LogP contribution in [0.4, 0.5) is 0 Å². The summed E-state index contributed by atoms with van der Waals surface area (Å²) in [6.07, 6.45) is 5.18. The number of carbonyl (C=O) groups excluding carboxylic acids is 1. The Labute approximate surface area is 112 Å². The molecule has 3 heterocycles. The number of hydrogen-bond acceptors (Lipinski definition) is 4. The van der Waals surface area contributed by atoms with E-state index in [1.165, 1.54) is 0 Å². The minimum absolute atomic E-state index is 0.0325. The zero-order chi connectivity index (χ0) is 13.5. The molecule has 0 saturated carbocycles. The van der Waals surface area contributed by atoms with Crippen LogP contribution in [0.5, 0.6) is 0 Å². The molecule has 2 atom stereocenters. The van der Waals surface area contributed by atoms with Crippen LogP contribution in [0.15, 0.2) is 12.4 Å². The van der Waals surface area contributed by atoms with E-state index in [-0.39, 0.29) is 5.91 Å². The zero-order valence-corrected chi connectivity index (χ0v) is 11.1. The average Bonchev–Trinajstić information content (AvgIpc) is 3.02. The second-order valence-corrected chi connectivity index (χ2v) is 5.45. The molecule has 6 heteroatoms. The van der Waals surface area contributed by atoms with E-state index >= 15 is 0 Å². The molecule has 0 unspecified atom stereocenters. The van der Waals surface area contributed by atoms with Crippen molar-refractivity contribution in [1.82, 2.24) is 14.7 Å². The van der Waals surface area contributed by atoms with Crippen LogP contribution in [0, 0.1) is 0 Å². The molecule has 0 aromatic carbocycles. The highest BCUT2D eigenvalue weighted by Gasteiger charge is 2.47. The number of aromatic nitrogens is 2. The van der Waals surface area contributed by atoms with E-state index in [1.807, 2.05) is 0 Å². The van der Waals surface area contributed by atoms with Crippen LogP contribution in [-0.4, -0.2) is 57.1 Å². The Hall–Kier alpha value is -1.40. The van der Waals surface area contributed by atoms with E-state index in [1.54, 1.807) is 29.0 Å². The summed E-state index contributed by atoms with van der Waals surface area (Å²) < 4.78 is 7.37. The van der Waals surface area contributed by atoms with Crippen LogP contribution in [0.2, 0.25) is 0 Å². The maximum atomic E-state index is 12.4. The lowest BCUT2D eigenvalue weighted by atomic mass is 9.87. The lowest BCUT2D eigenvalue weighted by Gasteiger charge is -2.43. The Balaban J connectivity index is 1.77. The SMILES string of the molecule is Cn1cc(C(=O)N2CC[C@H](O)[C@]3(CCCO3)C2)cn1. The van der Waals surface area contributed by atoms with Gasteiger partial charge in [0.2, 0.25) is 0 Å². The Kier molecular flexibility index (Phi) is 3.06. The number of aliphatic hydroxyl groups is 1. The molecule has 2 aliphatic rings. The molecule has 2 aliphatic heterocycles. The number of aryl methyl sites for hydroxylation is 1. The Bertz CT molecular complexity index is 479. The summed E-state index contributed by atoms with van der Waals surface area (Å²) in [5.41, 5.74) is 0.0443. The largest absolute Gasteiger partial charge is 0.390 e. The van der Waals surface area contributed by atoms with Crippen molar-refractivity contribution < 1.29 is 14.6 Å². The van der Waals surface area contributed by atoms with Crippen molar-refractivity contribution in [3.63, 3.8) is 0 Å². The van der Waals surface area contributed by atoms with Gasteiger partial charge in [-0.2, -0.15) is 5.10 Å². The first-order chi connectivity index (χ1) is 9.11. The summed E-state index contributed by atoms with van der Waals surface area (Å²) in [5.74, 6) is -0.0325. The summed E-state index contributed by atoms with van der Waals surface area (Å²) in [6.45, 7) is 1.72. The molecule has 104 valence electrons. The van der Waals surface area contributed by atoms with Gasteiger partial charge in [-0.05, 0) is 19.3 Å². The van der Waals surface area contributed by atoms with Crippen LogP contribution < -0.4 is 0 Å². The van der Waals surface area contributed by atoms with Crippen LogP contribution >= 0.6 is 0 Å². The van der Waals surface area contributed by atoms with Gasteiger partial charge in [0, 0.05) is 26.4 Å². The molecule has 1 aromatic heterocycles. The number of ether oxygens (including phenoxy) is 1. The van der Waals surface area contributed by atoms with Gasteiger partial charge in [0.15, 0.2) is 0 Å². The van der Waals surface area contributed by atoms with Crippen LogP contribution in [0.3, 0.4) is 0 Å². The fraction of sp³-hybridized carbons (Fsp3) is 0.692. The van der Waals surface area contributed by atoms with Crippen molar-refractivity contribution in [1.29, 1.82) is 0 Å². The van der Waals surface area contributed by atoms with E-state index in [2.05, 4.69) is 5.10 Å². The number of aliphatic hydroxyl groups excluding tert-OH is 1. The third kappa shape index (κ3) is 2.15. The highest BCUT2D eigenvalue weighted by Crippen LogP contribution is 2.35. The van der Waals surface area contributed by atoms with E-state index in [9.17, 15) is 9.90 Å². The molecule has 6 nitrogen and oxygen atoms in total. The highest BCUT2D eigenvalue weighted by molar-refractivity contribution is 5.93. The number of hydrogen-bond donors (Lipinski definition) is 1. The summed E-state index contributed by atoms with van der Waals surface area (Å²) in [7, 11) is 1.79. The number of piperidine rings is 1. The molecule has 2 saturated heterocycles. The first kappa shape index (κ1) is 12.6. The van der Waals surface area contributed by atoms with Crippen LogP contribution in [-0.2, 0) is 11.8 Å². The van der Waals surface area contributed by atoms with Gasteiger partial charge in [0.25, 0.3) is 5.91 Å². The lowest BCUT2D eigenvalue weighted by molar-refractivity contribution is -0.124. The molecule has 19 heavy (non-hydrogen) atoms. The molecule has 0 radical (unpaired) electrons. The summed E-state index contributed by atoms with van der Waals surface area (Å²) in [4.78, 5) is 14.2. The standard InChI is InChI=1S/C13H19N3O3/c1-15-8-10(7-14-15)12(18)16-5-3-11(17)13(9-16)4-2-6-19-13/h7-8,11,17H,2-6,9H2,1H3/t11-,13-/m0/s1. The maximum absolute atomic E-state index is 12.4. The summed E-state index contributed by atoms with van der Waals surface area (Å²) >= 11 is 0. The fourth-order valence-electron chi connectivity index (χ4n) is 3.04. The van der Waals surface area contributed by atoms with Gasteiger partial charge in [-0.25, -0.2) is 0 Å². The smallest absolute Gasteiger partial charge is 0.257 e. The minimum atomic E-state index is -0.546. The molecule has 0 aliphatic carbocycles. The predicted octanol–water partition coefficient (Wildman–Crippen LogP) is 0.176. The quantitative estimate of drug-likeness (QED) is 0.786. The van der Waals surface area contributed by atoms with Gasteiger partial charge < -0.3 is 14.7 Å². The molecular formula is C13H19N3O3. The van der Waals surface area contributed by atoms with E-state index in [0.717, 1.165) is 12.8 Å². The van der Waals surface area contributed by atoms with Gasteiger partial charge in [0.1, 0.15) is 5.60 Å². The fourth-order valence-corrected chi connectivity index (χ4v) is 3.04. The summed E-state index contributed by atoms with van der Waals surface area (Å²) in [5, 5.41) is 14.2. The third-order valence-electron chi connectivity index (χ3n) is 4.11. The van der Waals surface area contributed by atoms with Gasteiger partial charge >= 0.3 is 0 Å². The number of likely N-dealkylation sites (tertiary alicyclic amines) is 1. The Morgan fingerprint density at radius 2 is 2.47 bits per heavy atom. The van der Waals surface area contributed by atoms with Crippen LogP contribution in [0.1, 0.15) is 29.6 Å². The van der Waals surface area contributed by atoms with Crippen molar-refractivity contribution in [3.8, 4) is 0 Å². The molecule has 2 fully saturated rings. The number of rotatable bonds is 1. The summed E-state index contributed by atoms with van der Waals surface area (Å²) in [6, 6.07) is 0. The van der Waals surface area contributed by atoms with Crippen LogP contribution in [0.25, 0.3) is 0 Å². The highest BCUT2D eigenvalue weighted by atomic mass is 16.5. The van der Waals surface area contributed by atoms with Crippen molar-refractivity contribution >= 4 is 5.91 Å².